The van der Waals surface area contributed by atoms with Crippen molar-refractivity contribution >= 4 is 22.9 Å². The molecule has 2 N–H and O–H groups in total. The monoisotopic (exact) mass is 427 g/mol. The number of aromatic nitrogens is 1. The summed E-state index contributed by atoms with van der Waals surface area (Å²) in [6.45, 7) is 4.30. The van der Waals surface area contributed by atoms with Crippen molar-refractivity contribution in [3.63, 3.8) is 0 Å². The smallest absolute Gasteiger partial charge is 0.374 e. The van der Waals surface area contributed by atoms with Crippen LogP contribution in [0.1, 0.15) is 41.9 Å². The molecule has 29 heavy (non-hydrogen) atoms. The van der Waals surface area contributed by atoms with Gasteiger partial charge in [0.1, 0.15) is 5.01 Å². The Balaban J connectivity index is 1.69. The number of thiazole rings is 1. The third-order valence-corrected chi connectivity index (χ3v) is 6.03. The van der Waals surface area contributed by atoms with Gasteiger partial charge in [0.2, 0.25) is 11.5 Å². The molecule has 0 saturated carbocycles. The molecule has 1 aromatic heterocycles. The minimum absolute atomic E-state index is 0.360. The molecule has 158 valence electrons. The molecular formula is C20H24F3N3O2S. The van der Waals surface area contributed by atoms with Gasteiger partial charge in [-0.25, -0.2) is 4.98 Å². The van der Waals surface area contributed by atoms with E-state index in [1.807, 2.05) is 6.07 Å². The number of nitrogens with zero attached hydrogens (tertiary/aromatic N) is 2. The molecule has 1 fully saturated rings. The molecule has 1 aliphatic rings. The molecule has 1 saturated heterocycles. The Bertz CT molecular complexity index is 849. The number of nitrogens with one attached hydrogen (secondary N) is 1. The molecule has 1 amide bonds. The lowest BCUT2D eigenvalue weighted by Gasteiger charge is -2.28. The predicted octanol–water partition coefficient (Wildman–Crippen LogP) is 4.22. The highest BCUT2D eigenvalue weighted by atomic mass is 32.1. The fraction of sp³-hybridized carbons (Fsp3) is 0.500. The Morgan fingerprint density at radius 3 is 2.62 bits per heavy atom. The maximum atomic E-state index is 13.6. The molecule has 0 bridgehead atoms. The van der Waals surface area contributed by atoms with Crippen molar-refractivity contribution in [1.29, 1.82) is 0 Å². The fourth-order valence-corrected chi connectivity index (χ4v) is 4.32. The lowest BCUT2D eigenvalue weighted by molar-refractivity contribution is -0.266. The Morgan fingerprint density at radius 1 is 1.28 bits per heavy atom. The lowest BCUT2D eigenvalue weighted by Crippen LogP contribution is -2.45. The van der Waals surface area contributed by atoms with Crippen molar-refractivity contribution < 1.29 is 23.1 Å². The number of aliphatic hydroxyl groups is 1. The molecule has 1 aliphatic heterocycles. The maximum Gasteiger partial charge on any atom is 0.424 e. The van der Waals surface area contributed by atoms with Crippen LogP contribution in [0, 0.1) is 6.92 Å². The number of likely N-dealkylation sites (tertiary alicyclic amines) is 1. The second-order valence-electron chi connectivity index (χ2n) is 7.41. The number of anilines is 1. The van der Waals surface area contributed by atoms with Gasteiger partial charge in [0.05, 0.1) is 6.42 Å². The summed E-state index contributed by atoms with van der Waals surface area (Å²) >= 11 is 0.687. The maximum absolute atomic E-state index is 13.6. The van der Waals surface area contributed by atoms with E-state index in [1.165, 1.54) is 18.7 Å². The number of benzene rings is 1. The van der Waals surface area contributed by atoms with E-state index < -0.39 is 29.1 Å². The fourth-order valence-electron chi connectivity index (χ4n) is 3.40. The van der Waals surface area contributed by atoms with Gasteiger partial charge in [0.25, 0.3) is 0 Å². The molecule has 5 nitrogen and oxygen atoms in total. The third-order valence-electron chi connectivity index (χ3n) is 4.92. The Kier molecular flexibility index (Phi) is 6.60. The number of piperidine rings is 1. The molecule has 9 heteroatoms. The van der Waals surface area contributed by atoms with Crippen LogP contribution in [-0.4, -0.2) is 40.2 Å². The third kappa shape index (κ3) is 5.34. The average Bonchev–Trinajstić information content (AvgIpc) is 3.09. The Labute approximate surface area is 171 Å². The van der Waals surface area contributed by atoms with Crippen LogP contribution < -0.4 is 5.32 Å². The van der Waals surface area contributed by atoms with Crippen molar-refractivity contribution in [2.24, 2.45) is 0 Å². The molecular weight excluding hydrogens is 403 g/mol. The number of alkyl halides is 3. The first-order chi connectivity index (χ1) is 13.7. The number of hydrogen-bond donors (Lipinski definition) is 2. The first-order valence-corrected chi connectivity index (χ1v) is 10.4. The Morgan fingerprint density at radius 2 is 2.00 bits per heavy atom. The van der Waals surface area contributed by atoms with Crippen LogP contribution in [0.2, 0.25) is 0 Å². The highest BCUT2D eigenvalue weighted by Crippen LogP contribution is 2.43. The second-order valence-corrected chi connectivity index (χ2v) is 8.27. The molecule has 0 aliphatic carbocycles. The molecule has 2 aromatic rings. The van der Waals surface area contributed by atoms with Gasteiger partial charge in [-0.05, 0) is 50.6 Å². The van der Waals surface area contributed by atoms with E-state index in [2.05, 4.69) is 15.2 Å². The van der Waals surface area contributed by atoms with Crippen LogP contribution in [0.25, 0.3) is 0 Å². The van der Waals surface area contributed by atoms with Crippen LogP contribution >= 0.6 is 11.3 Å². The number of carbonyl (C=O) groups excluding carboxylic acids is 1. The summed E-state index contributed by atoms with van der Waals surface area (Å²) in [6.07, 6.45) is -2.64. The minimum Gasteiger partial charge on any atom is -0.374 e. The number of carbonyl (C=O) groups is 1. The molecule has 1 unspecified atom stereocenters. The van der Waals surface area contributed by atoms with Crippen molar-refractivity contribution in [1.82, 2.24) is 9.88 Å². The van der Waals surface area contributed by atoms with Crippen molar-refractivity contribution in [2.45, 2.75) is 50.9 Å². The van der Waals surface area contributed by atoms with Crippen molar-refractivity contribution in [3.05, 3.63) is 45.9 Å². The zero-order valence-corrected chi connectivity index (χ0v) is 16.9. The molecule has 1 aromatic carbocycles. The van der Waals surface area contributed by atoms with Crippen molar-refractivity contribution in [3.8, 4) is 0 Å². The standard InChI is InChI=1S/C20H24F3N3O2S/c1-14-13-29-18(24-14)19(28,20(21,22)23)11-17(27)25-16-7-5-6-15(10-16)12-26-8-3-2-4-9-26/h5-7,10,13,28H,2-4,8-9,11-12H2,1H3,(H,25,27). The normalized spacial score (nSPS) is 17.7. The van der Waals surface area contributed by atoms with E-state index in [1.54, 1.807) is 18.2 Å². The van der Waals surface area contributed by atoms with E-state index in [0.29, 0.717) is 22.7 Å². The summed E-state index contributed by atoms with van der Waals surface area (Å²) in [7, 11) is 0. The second kappa shape index (κ2) is 8.81. The molecule has 3 rings (SSSR count). The SMILES string of the molecule is Cc1csc(C(O)(CC(=O)Nc2cccc(CN3CCCCC3)c2)C(F)(F)F)n1. The van der Waals surface area contributed by atoms with Gasteiger partial charge in [-0.2, -0.15) is 13.2 Å². The summed E-state index contributed by atoms with van der Waals surface area (Å²) in [6, 6.07) is 7.06. The zero-order chi connectivity index (χ0) is 21.1. The van der Waals surface area contributed by atoms with Crippen LogP contribution in [0.5, 0.6) is 0 Å². The van der Waals surface area contributed by atoms with Crippen LogP contribution in [-0.2, 0) is 16.9 Å². The van der Waals surface area contributed by atoms with Gasteiger partial charge in [-0.1, -0.05) is 18.6 Å². The van der Waals surface area contributed by atoms with Gasteiger partial charge >= 0.3 is 6.18 Å². The first kappa shape index (κ1) is 21.7. The van der Waals surface area contributed by atoms with E-state index in [9.17, 15) is 23.1 Å². The molecule has 1 atom stereocenters. The number of rotatable bonds is 6. The van der Waals surface area contributed by atoms with Crippen LogP contribution in [0.3, 0.4) is 0 Å². The quantitative estimate of drug-likeness (QED) is 0.725. The molecule has 2 heterocycles. The highest BCUT2D eigenvalue weighted by molar-refractivity contribution is 7.09. The van der Waals surface area contributed by atoms with Crippen molar-refractivity contribution in [2.75, 3.05) is 18.4 Å². The number of halogens is 3. The van der Waals surface area contributed by atoms with E-state index in [0.717, 1.165) is 38.0 Å². The minimum atomic E-state index is -5.02. The van der Waals surface area contributed by atoms with Gasteiger partial charge in [-0.15, -0.1) is 11.3 Å². The number of hydrogen-bond acceptors (Lipinski definition) is 5. The number of aryl methyl sites for hydroxylation is 1. The Hall–Kier alpha value is -1.97. The predicted molar refractivity (Wildman–Crippen MR) is 106 cm³/mol. The zero-order valence-electron chi connectivity index (χ0n) is 16.1. The van der Waals surface area contributed by atoms with E-state index in [-0.39, 0.29) is 0 Å². The van der Waals surface area contributed by atoms with Crippen LogP contribution in [0.4, 0.5) is 18.9 Å². The van der Waals surface area contributed by atoms with E-state index >= 15 is 0 Å². The summed E-state index contributed by atoms with van der Waals surface area (Å²) < 4.78 is 40.7. The molecule has 0 radical (unpaired) electrons. The number of amides is 1. The topological polar surface area (TPSA) is 65.5 Å². The lowest BCUT2D eigenvalue weighted by atomic mass is 9.99. The van der Waals surface area contributed by atoms with E-state index in [4.69, 9.17) is 0 Å². The van der Waals surface area contributed by atoms with Crippen LogP contribution in [0.15, 0.2) is 29.6 Å². The highest BCUT2D eigenvalue weighted by Gasteiger charge is 2.58. The summed E-state index contributed by atoms with van der Waals surface area (Å²) in [4.78, 5) is 18.4. The summed E-state index contributed by atoms with van der Waals surface area (Å²) in [5, 5.41) is 13.7. The first-order valence-electron chi connectivity index (χ1n) is 9.50. The molecule has 0 spiro atoms. The van der Waals surface area contributed by atoms with Gasteiger partial charge < -0.3 is 10.4 Å². The van der Waals surface area contributed by atoms with Gasteiger partial charge in [0.15, 0.2) is 0 Å². The van der Waals surface area contributed by atoms with Gasteiger partial charge in [0, 0.05) is 23.3 Å². The largest absolute Gasteiger partial charge is 0.424 e. The average molecular weight is 427 g/mol. The summed E-state index contributed by atoms with van der Waals surface area (Å²) in [5.41, 5.74) is -1.57. The summed E-state index contributed by atoms with van der Waals surface area (Å²) in [5.74, 6) is -0.923. The van der Waals surface area contributed by atoms with Gasteiger partial charge in [-0.3, -0.25) is 9.69 Å².